The van der Waals surface area contributed by atoms with Gasteiger partial charge >= 0.3 is 6.18 Å². The number of halogens is 4. The Morgan fingerprint density at radius 3 is 2.60 bits per heavy atom. The molecule has 0 aliphatic rings. The fourth-order valence-corrected chi connectivity index (χ4v) is 2.46. The van der Waals surface area contributed by atoms with Crippen LogP contribution in [0, 0.1) is 0 Å². The van der Waals surface area contributed by atoms with Gasteiger partial charge in [0.1, 0.15) is 5.76 Å². The maximum Gasteiger partial charge on any atom is 0.417 e. The van der Waals surface area contributed by atoms with Gasteiger partial charge < -0.3 is 9.73 Å². The Kier molecular flexibility index (Phi) is 4.55. The smallest absolute Gasteiger partial charge is 0.417 e. The highest BCUT2D eigenvalue weighted by Gasteiger charge is 2.33. The third kappa shape index (κ3) is 3.43. The second kappa shape index (κ2) is 6.01. The van der Waals surface area contributed by atoms with E-state index in [1.165, 1.54) is 6.07 Å². The highest BCUT2D eigenvalue weighted by Crippen LogP contribution is 2.36. The molecule has 1 heterocycles. The molecule has 0 saturated carbocycles. The summed E-state index contributed by atoms with van der Waals surface area (Å²) in [5, 5.41) is 3.01. The maximum absolute atomic E-state index is 12.9. The van der Waals surface area contributed by atoms with Gasteiger partial charge in [-0.05, 0) is 36.9 Å². The van der Waals surface area contributed by atoms with Gasteiger partial charge in [-0.15, -0.1) is 0 Å². The fraction of sp³-hybridized carbons (Fsp3) is 0.286. The quantitative estimate of drug-likeness (QED) is 0.876. The summed E-state index contributed by atoms with van der Waals surface area (Å²) in [5.41, 5.74) is -0.103. The van der Waals surface area contributed by atoms with Crippen LogP contribution < -0.4 is 5.32 Å². The van der Waals surface area contributed by atoms with Gasteiger partial charge in [-0.25, -0.2) is 0 Å². The van der Waals surface area contributed by atoms with E-state index in [1.54, 1.807) is 31.5 Å². The van der Waals surface area contributed by atoms with E-state index in [2.05, 4.69) is 21.2 Å². The van der Waals surface area contributed by atoms with Crippen molar-refractivity contribution in [3.8, 4) is 0 Å². The molecule has 108 valence electrons. The average molecular weight is 348 g/mol. The summed E-state index contributed by atoms with van der Waals surface area (Å²) < 4.78 is 44.0. The van der Waals surface area contributed by atoms with E-state index in [-0.39, 0.29) is 10.5 Å². The standard InChI is InChI=1S/C14H13BrF3NO/c1-19-13(8-10-3-2-6-20-10)9-4-5-12(15)11(7-9)14(16,17)18/h2-7,13,19H,8H2,1H3. The van der Waals surface area contributed by atoms with Gasteiger partial charge in [0, 0.05) is 16.9 Å². The van der Waals surface area contributed by atoms with E-state index in [4.69, 9.17) is 4.42 Å². The van der Waals surface area contributed by atoms with Gasteiger partial charge in [0.05, 0.1) is 11.8 Å². The van der Waals surface area contributed by atoms with Crippen LogP contribution in [0.2, 0.25) is 0 Å². The lowest BCUT2D eigenvalue weighted by atomic mass is 10.00. The number of benzene rings is 1. The third-order valence-electron chi connectivity index (χ3n) is 3.03. The van der Waals surface area contributed by atoms with Crippen LogP contribution in [0.3, 0.4) is 0 Å². The molecule has 1 atom stereocenters. The molecule has 2 nitrogen and oxygen atoms in total. The highest BCUT2D eigenvalue weighted by atomic mass is 79.9. The second-order valence-electron chi connectivity index (χ2n) is 4.36. The van der Waals surface area contributed by atoms with Crippen molar-refractivity contribution in [2.45, 2.75) is 18.6 Å². The van der Waals surface area contributed by atoms with Crippen molar-refractivity contribution in [2.24, 2.45) is 0 Å². The number of likely N-dealkylation sites (N-methyl/N-ethyl adjacent to an activating group) is 1. The molecule has 2 rings (SSSR count). The molecule has 1 N–H and O–H groups in total. The number of nitrogens with one attached hydrogen (secondary N) is 1. The molecule has 0 aliphatic heterocycles. The molecule has 0 saturated heterocycles. The Morgan fingerprint density at radius 2 is 2.05 bits per heavy atom. The Morgan fingerprint density at radius 1 is 1.30 bits per heavy atom. The summed E-state index contributed by atoms with van der Waals surface area (Å²) in [6.45, 7) is 0. The topological polar surface area (TPSA) is 25.2 Å². The lowest BCUT2D eigenvalue weighted by molar-refractivity contribution is -0.138. The lowest BCUT2D eigenvalue weighted by Crippen LogP contribution is -2.19. The molecule has 0 amide bonds. The summed E-state index contributed by atoms with van der Waals surface area (Å²) in [4.78, 5) is 0. The average Bonchev–Trinajstić information content (AvgIpc) is 2.88. The van der Waals surface area contributed by atoms with Gasteiger partial charge in [0.15, 0.2) is 0 Å². The Hall–Kier alpha value is -1.27. The van der Waals surface area contributed by atoms with Gasteiger partial charge in [-0.3, -0.25) is 0 Å². The summed E-state index contributed by atoms with van der Waals surface area (Å²) in [7, 11) is 1.71. The molecule has 0 aliphatic carbocycles. The van der Waals surface area contributed by atoms with Crippen LogP contribution in [0.25, 0.3) is 0 Å². The van der Waals surface area contributed by atoms with E-state index < -0.39 is 11.7 Å². The molecule has 20 heavy (non-hydrogen) atoms. The second-order valence-corrected chi connectivity index (χ2v) is 5.22. The Balaban J connectivity index is 2.30. The maximum atomic E-state index is 12.9. The minimum atomic E-state index is -4.38. The van der Waals surface area contributed by atoms with Crippen LogP contribution in [0.1, 0.15) is 22.9 Å². The zero-order chi connectivity index (χ0) is 14.8. The predicted molar refractivity (Wildman–Crippen MR) is 73.4 cm³/mol. The number of hydrogen-bond donors (Lipinski definition) is 1. The zero-order valence-corrected chi connectivity index (χ0v) is 12.3. The monoisotopic (exact) mass is 347 g/mol. The Bertz CT molecular complexity index is 566. The molecule has 0 radical (unpaired) electrons. The molecule has 0 bridgehead atoms. The van der Waals surface area contributed by atoms with E-state index in [9.17, 15) is 13.2 Å². The lowest BCUT2D eigenvalue weighted by Gasteiger charge is -2.18. The molecule has 1 unspecified atom stereocenters. The van der Waals surface area contributed by atoms with Gasteiger partial charge in [0.2, 0.25) is 0 Å². The van der Waals surface area contributed by atoms with Crippen molar-refractivity contribution >= 4 is 15.9 Å². The first-order chi connectivity index (χ1) is 9.41. The van der Waals surface area contributed by atoms with Crippen molar-refractivity contribution in [1.29, 1.82) is 0 Å². The first-order valence-corrected chi connectivity index (χ1v) is 6.77. The van der Waals surface area contributed by atoms with Crippen molar-refractivity contribution in [3.05, 3.63) is 58.0 Å². The molecule has 2 aromatic rings. The first kappa shape index (κ1) is 15.1. The Labute approximate surface area is 123 Å². The minimum absolute atomic E-state index is 0.0431. The van der Waals surface area contributed by atoms with Gasteiger partial charge in [0.25, 0.3) is 0 Å². The van der Waals surface area contributed by atoms with Gasteiger partial charge in [-0.1, -0.05) is 22.0 Å². The third-order valence-corrected chi connectivity index (χ3v) is 3.72. The van der Waals surface area contributed by atoms with Crippen LogP contribution >= 0.6 is 15.9 Å². The molecule has 6 heteroatoms. The van der Waals surface area contributed by atoms with Crippen LogP contribution in [-0.2, 0) is 12.6 Å². The van der Waals surface area contributed by atoms with Crippen molar-refractivity contribution in [3.63, 3.8) is 0 Å². The van der Waals surface area contributed by atoms with E-state index in [1.807, 2.05) is 0 Å². The van der Waals surface area contributed by atoms with E-state index in [0.29, 0.717) is 12.0 Å². The van der Waals surface area contributed by atoms with Crippen LogP contribution in [0.15, 0.2) is 45.5 Å². The van der Waals surface area contributed by atoms with Crippen LogP contribution in [0.5, 0.6) is 0 Å². The van der Waals surface area contributed by atoms with Crippen LogP contribution in [-0.4, -0.2) is 7.05 Å². The molecule has 0 spiro atoms. The molecule has 1 aromatic heterocycles. The minimum Gasteiger partial charge on any atom is -0.469 e. The normalized spacial score (nSPS) is 13.4. The molecule has 0 fully saturated rings. The van der Waals surface area contributed by atoms with Crippen molar-refractivity contribution < 1.29 is 17.6 Å². The summed E-state index contributed by atoms with van der Waals surface area (Å²) >= 11 is 2.94. The molecule has 1 aromatic carbocycles. The molecular weight excluding hydrogens is 335 g/mol. The summed E-state index contributed by atoms with van der Waals surface area (Å²) in [6.07, 6.45) is -2.34. The van der Waals surface area contributed by atoms with E-state index >= 15 is 0 Å². The number of alkyl halides is 3. The highest BCUT2D eigenvalue weighted by molar-refractivity contribution is 9.10. The fourth-order valence-electron chi connectivity index (χ4n) is 1.99. The zero-order valence-electron chi connectivity index (χ0n) is 10.7. The number of rotatable bonds is 4. The largest absolute Gasteiger partial charge is 0.469 e. The summed E-state index contributed by atoms with van der Waals surface area (Å²) in [5.74, 6) is 0.723. The summed E-state index contributed by atoms with van der Waals surface area (Å²) in [6, 6.07) is 7.57. The number of hydrogen-bond acceptors (Lipinski definition) is 2. The van der Waals surface area contributed by atoms with Crippen molar-refractivity contribution in [1.82, 2.24) is 5.32 Å². The first-order valence-electron chi connectivity index (χ1n) is 5.98. The van der Waals surface area contributed by atoms with Crippen LogP contribution in [0.4, 0.5) is 13.2 Å². The van der Waals surface area contributed by atoms with Gasteiger partial charge in [-0.2, -0.15) is 13.2 Å². The SMILES string of the molecule is CNC(Cc1ccco1)c1ccc(Br)c(C(F)(F)F)c1. The van der Waals surface area contributed by atoms with E-state index in [0.717, 1.165) is 11.8 Å². The predicted octanol–water partition coefficient (Wildman–Crippen LogP) is 4.56. The van der Waals surface area contributed by atoms with Crippen molar-refractivity contribution in [2.75, 3.05) is 7.05 Å². The molecular formula is C14H13BrF3NO. The number of furan rings is 1.